The molecule has 0 atom stereocenters. The lowest BCUT2D eigenvalue weighted by molar-refractivity contribution is 0.0519. The number of piperazine rings is 1. The number of fused-ring (bicyclic) bond motifs is 1. The summed E-state index contributed by atoms with van der Waals surface area (Å²) in [6, 6.07) is 9.42. The number of amides is 1. The van der Waals surface area contributed by atoms with Gasteiger partial charge in [0, 0.05) is 31.7 Å². The van der Waals surface area contributed by atoms with E-state index in [4.69, 9.17) is 9.72 Å². The molecule has 0 bridgehead atoms. The van der Waals surface area contributed by atoms with Gasteiger partial charge in [-0.05, 0) is 68.3 Å². The molecule has 166 valence electrons. The molecule has 0 radical (unpaired) electrons. The van der Waals surface area contributed by atoms with Gasteiger partial charge in [-0.25, -0.2) is 19.2 Å². The van der Waals surface area contributed by atoms with E-state index in [1.807, 2.05) is 30.9 Å². The van der Waals surface area contributed by atoms with Gasteiger partial charge in [-0.1, -0.05) is 0 Å². The van der Waals surface area contributed by atoms with E-state index in [0.29, 0.717) is 48.6 Å². The van der Waals surface area contributed by atoms with E-state index in [1.165, 1.54) is 24.3 Å². The standard InChI is InChI=1S/C24H25FN4O3/c1-4-32-24(31)21-22(27-20-14-16(3)15(2)13-19(20)26-21)28-9-11-29(12-10-28)23(30)17-5-7-18(25)8-6-17/h5-8,13-14H,4,9-12H2,1-3H3. The van der Waals surface area contributed by atoms with Crippen LogP contribution in [-0.2, 0) is 4.74 Å². The molecule has 1 aliphatic rings. The molecular weight excluding hydrogens is 411 g/mol. The summed E-state index contributed by atoms with van der Waals surface area (Å²) >= 11 is 0. The number of esters is 1. The van der Waals surface area contributed by atoms with Crippen LogP contribution in [0.5, 0.6) is 0 Å². The number of hydrogen-bond donors (Lipinski definition) is 0. The molecule has 1 fully saturated rings. The summed E-state index contributed by atoms with van der Waals surface area (Å²) in [4.78, 5) is 38.4. The minimum atomic E-state index is -0.514. The number of anilines is 1. The molecule has 2 aromatic carbocycles. The van der Waals surface area contributed by atoms with Crippen molar-refractivity contribution in [3.05, 3.63) is 64.6 Å². The monoisotopic (exact) mass is 436 g/mol. The van der Waals surface area contributed by atoms with Crippen LogP contribution in [0.4, 0.5) is 10.2 Å². The predicted octanol–water partition coefficient (Wildman–Crippen LogP) is 3.52. The maximum Gasteiger partial charge on any atom is 0.360 e. The van der Waals surface area contributed by atoms with Gasteiger partial charge in [0.1, 0.15) is 5.82 Å². The molecule has 1 saturated heterocycles. The Morgan fingerprint density at radius 3 is 2.16 bits per heavy atom. The van der Waals surface area contributed by atoms with Crippen molar-refractivity contribution in [1.82, 2.24) is 14.9 Å². The largest absolute Gasteiger partial charge is 0.461 e. The van der Waals surface area contributed by atoms with Gasteiger partial charge >= 0.3 is 5.97 Å². The van der Waals surface area contributed by atoms with Crippen molar-refractivity contribution in [2.75, 3.05) is 37.7 Å². The van der Waals surface area contributed by atoms with Crippen molar-refractivity contribution in [1.29, 1.82) is 0 Å². The van der Waals surface area contributed by atoms with E-state index in [1.54, 1.807) is 11.8 Å². The summed E-state index contributed by atoms with van der Waals surface area (Å²) in [5, 5.41) is 0. The molecule has 1 amide bonds. The van der Waals surface area contributed by atoms with E-state index in [2.05, 4.69) is 4.98 Å². The van der Waals surface area contributed by atoms with E-state index in [9.17, 15) is 14.0 Å². The molecule has 0 aliphatic carbocycles. The number of hydrogen-bond acceptors (Lipinski definition) is 6. The minimum absolute atomic E-state index is 0.147. The molecule has 0 unspecified atom stereocenters. The van der Waals surface area contributed by atoms with Crippen LogP contribution in [-0.4, -0.2) is 59.5 Å². The molecule has 32 heavy (non-hydrogen) atoms. The van der Waals surface area contributed by atoms with Crippen LogP contribution in [0.2, 0.25) is 0 Å². The topological polar surface area (TPSA) is 75.6 Å². The number of aromatic nitrogens is 2. The fourth-order valence-electron chi connectivity index (χ4n) is 3.76. The first-order chi connectivity index (χ1) is 15.4. The van der Waals surface area contributed by atoms with Crippen molar-refractivity contribution in [2.45, 2.75) is 20.8 Å². The number of nitrogens with zero attached hydrogens (tertiary/aromatic N) is 4. The lowest BCUT2D eigenvalue weighted by Gasteiger charge is -2.36. The lowest BCUT2D eigenvalue weighted by Crippen LogP contribution is -2.49. The molecule has 0 saturated carbocycles. The molecule has 8 heteroatoms. The summed E-state index contributed by atoms with van der Waals surface area (Å²) in [6.07, 6.45) is 0. The van der Waals surface area contributed by atoms with Gasteiger partial charge in [0.2, 0.25) is 0 Å². The highest BCUT2D eigenvalue weighted by Crippen LogP contribution is 2.25. The van der Waals surface area contributed by atoms with Gasteiger partial charge in [-0.2, -0.15) is 0 Å². The smallest absolute Gasteiger partial charge is 0.360 e. The second kappa shape index (κ2) is 8.90. The van der Waals surface area contributed by atoms with Crippen LogP contribution in [0.15, 0.2) is 36.4 Å². The Balaban J connectivity index is 1.60. The Morgan fingerprint density at radius 1 is 0.969 bits per heavy atom. The number of carbonyl (C=O) groups is 2. The Labute approximate surface area is 185 Å². The van der Waals surface area contributed by atoms with Gasteiger partial charge < -0.3 is 14.5 Å². The van der Waals surface area contributed by atoms with Crippen molar-refractivity contribution < 1.29 is 18.7 Å². The Morgan fingerprint density at radius 2 is 1.56 bits per heavy atom. The van der Waals surface area contributed by atoms with Gasteiger partial charge in [0.15, 0.2) is 11.5 Å². The van der Waals surface area contributed by atoms with Crippen LogP contribution in [0.25, 0.3) is 11.0 Å². The zero-order valence-corrected chi connectivity index (χ0v) is 18.4. The van der Waals surface area contributed by atoms with E-state index >= 15 is 0 Å². The highest BCUT2D eigenvalue weighted by Gasteiger charge is 2.28. The van der Waals surface area contributed by atoms with Crippen LogP contribution in [0, 0.1) is 19.7 Å². The van der Waals surface area contributed by atoms with Crippen LogP contribution < -0.4 is 4.90 Å². The van der Waals surface area contributed by atoms with Crippen molar-refractivity contribution in [3.8, 4) is 0 Å². The lowest BCUT2D eigenvalue weighted by atomic mass is 10.1. The first kappa shape index (κ1) is 21.7. The number of carbonyl (C=O) groups excluding carboxylic acids is 2. The Hall–Kier alpha value is -3.55. The third-order valence-electron chi connectivity index (χ3n) is 5.69. The molecule has 1 aromatic heterocycles. The van der Waals surface area contributed by atoms with Gasteiger partial charge in [-0.15, -0.1) is 0 Å². The summed E-state index contributed by atoms with van der Waals surface area (Å²) < 4.78 is 18.4. The molecule has 0 N–H and O–H groups in total. The Kier molecular flexibility index (Phi) is 6.03. The van der Waals surface area contributed by atoms with Crippen LogP contribution in [0.3, 0.4) is 0 Å². The highest BCUT2D eigenvalue weighted by molar-refractivity contribution is 5.96. The fraction of sp³-hybridized carbons (Fsp3) is 0.333. The molecule has 0 spiro atoms. The van der Waals surface area contributed by atoms with Crippen molar-refractivity contribution in [2.24, 2.45) is 0 Å². The number of aryl methyl sites for hydroxylation is 2. The number of ether oxygens (including phenoxy) is 1. The average molecular weight is 436 g/mol. The molecule has 7 nitrogen and oxygen atoms in total. The molecule has 4 rings (SSSR count). The van der Waals surface area contributed by atoms with Crippen LogP contribution >= 0.6 is 0 Å². The third kappa shape index (κ3) is 4.26. The highest BCUT2D eigenvalue weighted by atomic mass is 19.1. The van der Waals surface area contributed by atoms with E-state index in [0.717, 1.165) is 11.1 Å². The first-order valence-corrected chi connectivity index (χ1v) is 10.6. The quantitative estimate of drug-likeness (QED) is 0.583. The molecule has 1 aliphatic heterocycles. The summed E-state index contributed by atoms with van der Waals surface area (Å²) in [6.45, 7) is 7.87. The average Bonchev–Trinajstić information content (AvgIpc) is 2.79. The Bertz CT molecular complexity index is 1170. The first-order valence-electron chi connectivity index (χ1n) is 10.6. The zero-order chi connectivity index (χ0) is 22.8. The minimum Gasteiger partial charge on any atom is -0.461 e. The maximum atomic E-state index is 13.2. The SMILES string of the molecule is CCOC(=O)c1nc2cc(C)c(C)cc2nc1N1CCN(C(=O)c2ccc(F)cc2)CC1. The number of halogens is 1. The fourth-order valence-corrected chi connectivity index (χ4v) is 3.76. The second-order valence-corrected chi connectivity index (χ2v) is 7.83. The predicted molar refractivity (Wildman–Crippen MR) is 119 cm³/mol. The van der Waals surface area contributed by atoms with Crippen LogP contribution in [0.1, 0.15) is 38.9 Å². The number of benzene rings is 2. The number of rotatable bonds is 4. The summed E-state index contributed by atoms with van der Waals surface area (Å²) in [5.41, 5.74) is 4.15. The summed E-state index contributed by atoms with van der Waals surface area (Å²) in [5.74, 6) is -0.572. The normalized spacial score (nSPS) is 14.0. The maximum absolute atomic E-state index is 13.2. The van der Waals surface area contributed by atoms with E-state index in [-0.39, 0.29) is 24.0 Å². The second-order valence-electron chi connectivity index (χ2n) is 7.83. The summed E-state index contributed by atoms with van der Waals surface area (Å²) in [7, 11) is 0. The third-order valence-corrected chi connectivity index (χ3v) is 5.69. The van der Waals surface area contributed by atoms with Gasteiger partial charge in [0.25, 0.3) is 5.91 Å². The van der Waals surface area contributed by atoms with Gasteiger partial charge in [-0.3, -0.25) is 4.79 Å². The molecule has 2 heterocycles. The molecule has 3 aromatic rings. The van der Waals surface area contributed by atoms with Crippen molar-refractivity contribution in [3.63, 3.8) is 0 Å². The zero-order valence-electron chi connectivity index (χ0n) is 18.4. The molecular formula is C24H25FN4O3. The van der Waals surface area contributed by atoms with Crippen molar-refractivity contribution >= 4 is 28.7 Å². The van der Waals surface area contributed by atoms with E-state index < -0.39 is 5.97 Å². The van der Waals surface area contributed by atoms with Gasteiger partial charge in [0.05, 0.1) is 17.6 Å².